The molecule has 108 valence electrons. The largest absolute Gasteiger partial charge is 0.394 e. The Labute approximate surface area is 112 Å². The zero-order chi connectivity index (χ0) is 14.0. The quantitative estimate of drug-likeness (QED) is 0.358. The number of aromatic nitrogens is 2. The van der Waals surface area contributed by atoms with Crippen molar-refractivity contribution in [2.45, 2.75) is 30.8 Å². The number of carbonyl (C=O) groups excluding carboxylic acids is 1. The van der Waals surface area contributed by atoms with E-state index < -0.39 is 31.1 Å². The molecule has 0 aromatic carbocycles. The number of nitrogens with zero attached hydrogens (tertiary/aromatic N) is 3. The summed E-state index contributed by atoms with van der Waals surface area (Å²) in [5.41, 5.74) is 3.12. The molecule has 0 aliphatic carbocycles. The van der Waals surface area contributed by atoms with Gasteiger partial charge < -0.3 is 25.4 Å². The summed E-state index contributed by atoms with van der Waals surface area (Å²) in [7, 11) is 0. The molecule has 4 rings (SSSR count). The van der Waals surface area contributed by atoms with Crippen molar-refractivity contribution in [2.75, 3.05) is 11.6 Å². The van der Waals surface area contributed by atoms with Gasteiger partial charge in [-0.1, -0.05) is 0 Å². The van der Waals surface area contributed by atoms with Crippen molar-refractivity contribution in [2.24, 2.45) is 0 Å². The molecule has 2 saturated heterocycles. The summed E-state index contributed by atoms with van der Waals surface area (Å²) in [6.45, 7) is -0.406. The van der Waals surface area contributed by atoms with E-state index in [9.17, 15) is 15.0 Å². The second-order valence-corrected chi connectivity index (χ2v) is 4.93. The van der Waals surface area contributed by atoms with Crippen molar-refractivity contribution >= 4 is 11.7 Å². The fourth-order valence-electron chi connectivity index (χ4n) is 2.62. The van der Waals surface area contributed by atoms with Gasteiger partial charge in [-0.2, -0.15) is 5.43 Å². The number of hydrogen-bond acceptors (Lipinski definition) is 8. The first-order valence-corrected chi connectivity index (χ1v) is 6.17. The summed E-state index contributed by atoms with van der Waals surface area (Å²) in [6.07, 6.45) is -3.11. The van der Waals surface area contributed by atoms with E-state index in [4.69, 9.17) is 9.84 Å². The highest BCUT2D eigenvalue weighted by atomic mass is 16.6. The van der Waals surface area contributed by atoms with Crippen LogP contribution in [0.1, 0.15) is 16.7 Å². The monoisotopic (exact) mass is 283 g/mol. The molecule has 1 aromatic heterocycles. The number of anilines is 1. The predicted molar refractivity (Wildman–Crippen MR) is 62.1 cm³/mol. The minimum absolute atomic E-state index is 0.212. The van der Waals surface area contributed by atoms with Crippen LogP contribution in [0.5, 0.6) is 0 Å². The number of fused-ring (bicyclic) bond motifs is 3. The highest BCUT2D eigenvalue weighted by Gasteiger charge is 2.50. The van der Waals surface area contributed by atoms with Crippen LogP contribution in [0.2, 0.25) is 0 Å². The lowest BCUT2D eigenvalue weighted by Gasteiger charge is -2.20. The Hall–Kier alpha value is -1.72. The first kappa shape index (κ1) is 12.1. The van der Waals surface area contributed by atoms with E-state index in [-0.39, 0.29) is 17.9 Å². The van der Waals surface area contributed by atoms with Gasteiger partial charge in [0.1, 0.15) is 18.3 Å². The van der Waals surface area contributed by atoms with Crippen molar-refractivity contribution in [3.63, 3.8) is 0 Å². The van der Waals surface area contributed by atoms with E-state index in [0.29, 0.717) is 5.82 Å². The fourth-order valence-corrected chi connectivity index (χ4v) is 2.62. The average molecular weight is 283 g/mol. The van der Waals surface area contributed by atoms with E-state index >= 15 is 0 Å². The molecule has 10 heteroatoms. The molecule has 0 bridgehead atoms. The van der Waals surface area contributed by atoms with E-state index in [2.05, 4.69) is 15.7 Å². The lowest BCUT2D eigenvalue weighted by molar-refractivity contribution is -0.0520. The van der Waals surface area contributed by atoms with E-state index in [0.717, 1.165) is 0 Å². The normalized spacial score (nSPS) is 38.5. The second kappa shape index (κ2) is 3.90. The number of imidazole rings is 1. The van der Waals surface area contributed by atoms with Crippen molar-refractivity contribution in [3.8, 4) is 0 Å². The van der Waals surface area contributed by atoms with Crippen molar-refractivity contribution in [1.29, 1.82) is 0 Å². The Balaban J connectivity index is 1.72. The van der Waals surface area contributed by atoms with Crippen LogP contribution in [0.3, 0.4) is 0 Å². The van der Waals surface area contributed by atoms with E-state index in [1.807, 2.05) is 0 Å². The van der Waals surface area contributed by atoms with Crippen LogP contribution in [-0.2, 0) is 4.74 Å². The van der Waals surface area contributed by atoms with Crippen LogP contribution in [-0.4, -0.2) is 62.0 Å². The molecule has 1 aromatic rings. The maximum absolute atomic E-state index is 11.8. The molecule has 0 saturated carbocycles. The lowest BCUT2D eigenvalue weighted by atomic mass is 10.1. The van der Waals surface area contributed by atoms with Gasteiger partial charge in [-0.25, -0.2) is 9.99 Å². The number of rotatable bonds is 2. The summed E-state index contributed by atoms with van der Waals surface area (Å²) in [5.74, 6) is 0.144. The molecule has 2 fully saturated rings. The molecule has 10 nitrogen and oxygen atoms in total. The van der Waals surface area contributed by atoms with Gasteiger partial charge in [0, 0.05) is 0 Å². The highest BCUT2D eigenvalue weighted by molar-refractivity contribution is 6.00. The molecule has 1 unspecified atom stereocenters. The zero-order valence-corrected chi connectivity index (χ0v) is 10.2. The zero-order valence-electron chi connectivity index (χ0n) is 10.2. The van der Waals surface area contributed by atoms with E-state index in [1.165, 1.54) is 10.9 Å². The second-order valence-electron chi connectivity index (χ2n) is 4.93. The number of hydrazine groups is 1. The highest BCUT2D eigenvalue weighted by Crippen LogP contribution is 2.37. The third-order valence-electron chi connectivity index (χ3n) is 3.72. The van der Waals surface area contributed by atoms with Gasteiger partial charge >= 0.3 is 0 Å². The van der Waals surface area contributed by atoms with Crippen LogP contribution >= 0.6 is 0 Å². The van der Waals surface area contributed by atoms with Crippen LogP contribution in [0.15, 0.2) is 6.33 Å². The number of amides is 1. The Morgan fingerprint density at radius 2 is 2.20 bits per heavy atom. The number of ether oxygens (including phenoxy) is 1. The molecular formula is C10H13N5O5. The number of carbonyl (C=O) groups is 1. The smallest absolute Gasteiger partial charge is 0.276 e. The van der Waals surface area contributed by atoms with Gasteiger partial charge in [-0.15, -0.1) is 0 Å². The summed E-state index contributed by atoms with van der Waals surface area (Å²) >= 11 is 0. The van der Waals surface area contributed by atoms with Gasteiger partial charge in [0.15, 0.2) is 24.0 Å². The lowest BCUT2D eigenvalue weighted by Crippen LogP contribution is -2.36. The van der Waals surface area contributed by atoms with Gasteiger partial charge in [0.05, 0.1) is 12.9 Å². The molecule has 1 amide bonds. The molecule has 5 atom stereocenters. The topological polar surface area (TPSA) is 142 Å². The standard InChI is InChI=1S/C10H13N5O5/c16-1-3-5(17)6(18)9(20-3)14-2-11-4-7(19)12-10-13-15(10)8(4)14/h2-3,5-6,9-10,13,16-18H,1H2,(H,12,19)/t3-,5-,6-,9-,10?,15?/m1/s1. The van der Waals surface area contributed by atoms with Crippen molar-refractivity contribution in [3.05, 3.63) is 12.0 Å². The molecule has 0 radical (unpaired) electrons. The van der Waals surface area contributed by atoms with Gasteiger partial charge in [-0.05, 0) is 0 Å². The first-order chi connectivity index (χ1) is 9.61. The third kappa shape index (κ3) is 1.45. The van der Waals surface area contributed by atoms with Crippen LogP contribution in [0.4, 0.5) is 5.82 Å². The number of hydrogen-bond donors (Lipinski definition) is 5. The predicted octanol–water partition coefficient (Wildman–Crippen LogP) is -3.15. The van der Waals surface area contributed by atoms with Crippen molar-refractivity contribution < 1.29 is 24.9 Å². The maximum Gasteiger partial charge on any atom is 0.276 e. The van der Waals surface area contributed by atoms with Crippen molar-refractivity contribution in [1.82, 2.24) is 20.3 Å². The minimum atomic E-state index is -1.21. The number of aliphatic hydroxyl groups excluding tert-OH is 3. The summed E-state index contributed by atoms with van der Waals surface area (Å²) in [4.78, 5) is 15.8. The number of nitrogens with one attached hydrogen (secondary N) is 2. The molecule has 4 heterocycles. The first-order valence-electron chi connectivity index (χ1n) is 6.17. The maximum atomic E-state index is 11.8. The number of aliphatic hydroxyl groups is 3. The molecule has 20 heavy (non-hydrogen) atoms. The summed E-state index contributed by atoms with van der Waals surface area (Å²) < 4.78 is 6.91. The molecular weight excluding hydrogens is 270 g/mol. The summed E-state index contributed by atoms with van der Waals surface area (Å²) in [5, 5.41) is 33.2. The third-order valence-corrected chi connectivity index (χ3v) is 3.72. The fraction of sp³-hybridized carbons (Fsp3) is 0.600. The van der Waals surface area contributed by atoms with E-state index in [1.54, 1.807) is 5.01 Å². The Morgan fingerprint density at radius 3 is 2.90 bits per heavy atom. The minimum Gasteiger partial charge on any atom is -0.394 e. The summed E-state index contributed by atoms with van der Waals surface area (Å²) in [6, 6.07) is 0. The van der Waals surface area contributed by atoms with Crippen LogP contribution < -0.4 is 15.8 Å². The SMILES string of the molecule is O=C1NC2NN2c2c1ncn2[C@@H]1O[C@H](CO)[C@@H](O)[C@H]1O. The van der Waals surface area contributed by atoms with Gasteiger partial charge in [0.2, 0.25) is 0 Å². The Bertz CT molecular complexity index is 576. The molecule has 3 aliphatic heterocycles. The Morgan fingerprint density at radius 1 is 1.40 bits per heavy atom. The van der Waals surface area contributed by atoms with Gasteiger partial charge in [-0.3, -0.25) is 9.36 Å². The van der Waals surface area contributed by atoms with Crippen LogP contribution in [0.25, 0.3) is 0 Å². The van der Waals surface area contributed by atoms with Gasteiger partial charge in [0.25, 0.3) is 5.91 Å². The van der Waals surface area contributed by atoms with Crippen LogP contribution in [0, 0.1) is 0 Å². The Kier molecular flexibility index (Phi) is 2.35. The molecule has 5 N–H and O–H groups in total. The molecule has 0 spiro atoms. The molecule has 3 aliphatic rings. The average Bonchev–Trinajstić information content (AvgIpc) is 2.96.